The molecule has 1 aromatic heterocycles. The first-order chi connectivity index (χ1) is 14.0. The number of pyridine rings is 1. The number of ether oxygens (including phenoxy) is 2. The van der Waals surface area contributed by atoms with Crippen LogP contribution in [0.1, 0.15) is 12.8 Å². The lowest BCUT2D eigenvalue weighted by molar-refractivity contribution is -0.126. The van der Waals surface area contributed by atoms with Gasteiger partial charge in [0.15, 0.2) is 0 Å². The molecular weight excluding hydrogens is 394 g/mol. The summed E-state index contributed by atoms with van der Waals surface area (Å²) in [6.07, 6.45) is 3.86. The third kappa shape index (κ3) is 5.45. The van der Waals surface area contributed by atoms with Crippen LogP contribution < -0.4 is 14.8 Å². The smallest absolute Gasteiger partial charge is 0.244 e. The molecule has 0 atom stereocenters. The Hall–Kier alpha value is -2.65. The van der Waals surface area contributed by atoms with Gasteiger partial charge in [-0.1, -0.05) is 6.07 Å². The fourth-order valence-electron chi connectivity index (χ4n) is 3.19. The summed E-state index contributed by atoms with van der Waals surface area (Å²) in [7, 11) is -1.97. The molecule has 0 radical (unpaired) electrons. The molecule has 1 aliphatic heterocycles. The van der Waals surface area contributed by atoms with Crippen molar-refractivity contribution in [3.8, 4) is 11.5 Å². The minimum Gasteiger partial charge on any atom is -0.497 e. The van der Waals surface area contributed by atoms with Crippen LogP contribution in [0.15, 0.2) is 53.7 Å². The van der Waals surface area contributed by atoms with E-state index >= 15 is 0 Å². The summed E-state index contributed by atoms with van der Waals surface area (Å²) in [6.45, 7) is 1.35. The molecule has 0 saturated carbocycles. The number of rotatable bonds is 8. The van der Waals surface area contributed by atoms with Crippen LogP contribution in [-0.4, -0.2) is 57.0 Å². The van der Waals surface area contributed by atoms with Gasteiger partial charge in [-0.05, 0) is 37.1 Å². The predicted octanol–water partition coefficient (Wildman–Crippen LogP) is 1.69. The van der Waals surface area contributed by atoms with Crippen molar-refractivity contribution in [2.75, 3.05) is 33.4 Å². The molecule has 3 rings (SSSR count). The number of hydrogen-bond acceptors (Lipinski definition) is 6. The maximum absolute atomic E-state index is 12.6. The summed E-state index contributed by atoms with van der Waals surface area (Å²) in [5.41, 5.74) is 0. The zero-order chi connectivity index (χ0) is 20.7. The number of carbonyl (C=O) groups is 1. The molecule has 0 spiro atoms. The average Bonchev–Trinajstić information content (AvgIpc) is 2.77. The number of nitrogens with zero attached hydrogens (tertiary/aromatic N) is 2. The monoisotopic (exact) mass is 419 g/mol. The molecule has 8 nitrogen and oxygen atoms in total. The zero-order valence-electron chi connectivity index (χ0n) is 16.3. The van der Waals surface area contributed by atoms with Gasteiger partial charge in [0, 0.05) is 37.5 Å². The van der Waals surface area contributed by atoms with Crippen molar-refractivity contribution >= 4 is 15.9 Å². The molecular formula is C20H25N3O5S. The Bertz CT molecular complexity index is 913. The van der Waals surface area contributed by atoms with Gasteiger partial charge in [0.25, 0.3) is 0 Å². The van der Waals surface area contributed by atoms with Gasteiger partial charge in [0.1, 0.15) is 23.0 Å². The van der Waals surface area contributed by atoms with Crippen LogP contribution in [0.4, 0.5) is 0 Å². The molecule has 2 aromatic rings. The third-order valence-electron chi connectivity index (χ3n) is 4.81. The fourth-order valence-corrected chi connectivity index (χ4v) is 4.62. The Morgan fingerprint density at radius 3 is 2.66 bits per heavy atom. The number of piperidine rings is 1. The second-order valence-corrected chi connectivity index (χ2v) is 8.62. The van der Waals surface area contributed by atoms with Gasteiger partial charge in [-0.2, -0.15) is 4.31 Å². The van der Waals surface area contributed by atoms with Gasteiger partial charge in [0.05, 0.1) is 13.7 Å². The van der Waals surface area contributed by atoms with Crippen molar-refractivity contribution in [1.29, 1.82) is 0 Å². The highest BCUT2D eigenvalue weighted by atomic mass is 32.2. The molecule has 1 saturated heterocycles. The van der Waals surface area contributed by atoms with Crippen molar-refractivity contribution in [3.63, 3.8) is 0 Å². The highest BCUT2D eigenvalue weighted by Gasteiger charge is 2.32. The summed E-state index contributed by atoms with van der Waals surface area (Å²) in [6, 6.07) is 10.4. The van der Waals surface area contributed by atoms with E-state index in [1.54, 1.807) is 19.2 Å². The van der Waals surface area contributed by atoms with E-state index in [1.807, 2.05) is 18.2 Å². The maximum atomic E-state index is 12.6. The maximum Gasteiger partial charge on any atom is 0.244 e. The Balaban J connectivity index is 1.42. The van der Waals surface area contributed by atoms with E-state index in [1.165, 1.54) is 22.8 Å². The average molecular weight is 420 g/mol. The molecule has 156 valence electrons. The zero-order valence-corrected chi connectivity index (χ0v) is 17.1. The molecule has 9 heteroatoms. The minimum absolute atomic E-state index is 0.0716. The lowest BCUT2D eigenvalue weighted by Gasteiger charge is -2.30. The van der Waals surface area contributed by atoms with E-state index < -0.39 is 10.0 Å². The van der Waals surface area contributed by atoms with Gasteiger partial charge < -0.3 is 14.8 Å². The number of hydrogen-bond donors (Lipinski definition) is 1. The van der Waals surface area contributed by atoms with Crippen LogP contribution in [0.2, 0.25) is 0 Å². The summed E-state index contributed by atoms with van der Waals surface area (Å²) >= 11 is 0. The van der Waals surface area contributed by atoms with Crippen LogP contribution >= 0.6 is 0 Å². The van der Waals surface area contributed by atoms with Gasteiger partial charge >= 0.3 is 0 Å². The molecule has 1 aliphatic rings. The van der Waals surface area contributed by atoms with Crippen LogP contribution in [-0.2, 0) is 14.8 Å². The molecule has 1 aromatic carbocycles. The fraction of sp³-hybridized carbons (Fsp3) is 0.400. The molecule has 0 unspecified atom stereocenters. The normalized spacial score (nSPS) is 15.6. The number of methoxy groups -OCH3 is 1. The SMILES string of the molecule is COc1cccc(OCCNC(=O)C2CCN(S(=O)(=O)c3cccnc3)CC2)c1. The minimum atomic E-state index is -3.56. The Morgan fingerprint density at radius 1 is 1.21 bits per heavy atom. The quantitative estimate of drug-likeness (QED) is 0.654. The predicted molar refractivity (Wildman–Crippen MR) is 107 cm³/mol. The first-order valence-corrected chi connectivity index (χ1v) is 10.9. The van der Waals surface area contributed by atoms with Crippen molar-refractivity contribution in [2.24, 2.45) is 5.92 Å². The Labute approximate surface area is 170 Å². The van der Waals surface area contributed by atoms with Crippen LogP contribution in [0.5, 0.6) is 11.5 Å². The third-order valence-corrected chi connectivity index (χ3v) is 6.69. The summed E-state index contributed by atoms with van der Waals surface area (Å²) < 4.78 is 37.4. The van der Waals surface area contributed by atoms with Crippen LogP contribution in [0.25, 0.3) is 0 Å². The second-order valence-electron chi connectivity index (χ2n) is 6.69. The molecule has 1 N–H and O–H groups in total. The molecule has 0 bridgehead atoms. The lowest BCUT2D eigenvalue weighted by Crippen LogP contribution is -2.43. The largest absolute Gasteiger partial charge is 0.497 e. The van der Waals surface area contributed by atoms with Crippen molar-refractivity contribution in [3.05, 3.63) is 48.8 Å². The Kier molecular flexibility index (Phi) is 7.05. The van der Waals surface area contributed by atoms with Gasteiger partial charge in [-0.3, -0.25) is 9.78 Å². The number of benzene rings is 1. The number of carbonyl (C=O) groups excluding carboxylic acids is 1. The molecule has 1 amide bonds. The first-order valence-electron chi connectivity index (χ1n) is 9.45. The van der Waals surface area contributed by atoms with Crippen molar-refractivity contribution < 1.29 is 22.7 Å². The van der Waals surface area contributed by atoms with E-state index in [0.717, 1.165) is 0 Å². The van der Waals surface area contributed by atoms with Gasteiger partial charge in [-0.15, -0.1) is 0 Å². The number of nitrogens with one attached hydrogen (secondary N) is 1. The summed E-state index contributed by atoms with van der Waals surface area (Å²) in [5, 5.41) is 2.86. The molecule has 1 fully saturated rings. The number of amides is 1. The summed E-state index contributed by atoms with van der Waals surface area (Å²) in [5.74, 6) is 1.11. The van der Waals surface area contributed by atoms with E-state index in [4.69, 9.17) is 9.47 Å². The van der Waals surface area contributed by atoms with E-state index in [2.05, 4.69) is 10.3 Å². The molecule has 0 aliphatic carbocycles. The highest BCUT2D eigenvalue weighted by Crippen LogP contribution is 2.23. The van der Waals surface area contributed by atoms with E-state index in [-0.39, 0.29) is 16.7 Å². The van der Waals surface area contributed by atoms with E-state index in [9.17, 15) is 13.2 Å². The van der Waals surface area contributed by atoms with Gasteiger partial charge in [0.2, 0.25) is 15.9 Å². The molecule has 2 heterocycles. The first kappa shape index (κ1) is 21.1. The van der Waals surface area contributed by atoms with Crippen LogP contribution in [0.3, 0.4) is 0 Å². The van der Waals surface area contributed by atoms with Crippen molar-refractivity contribution in [1.82, 2.24) is 14.6 Å². The topological polar surface area (TPSA) is 97.8 Å². The Morgan fingerprint density at radius 2 is 1.97 bits per heavy atom. The van der Waals surface area contributed by atoms with Crippen molar-refractivity contribution in [2.45, 2.75) is 17.7 Å². The lowest BCUT2D eigenvalue weighted by atomic mass is 9.97. The highest BCUT2D eigenvalue weighted by molar-refractivity contribution is 7.89. The number of aromatic nitrogens is 1. The van der Waals surface area contributed by atoms with Crippen LogP contribution in [0, 0.1) is 5.92 Å². The standard InChI is InChI=1S/C20H25N3O5S/c1-27-17-4-2-5-18(14-17)28-13-10-22-20(24)16-7-11-23(12-8-16)29(25,26)19-6-3-9-21-15-19/h2-6,9,14-16H,7-8,10-13H2,1H3,(H,22,24). The summed E-state index contributed by atoms with van der Waals surface area (Å²) in [4.78, 5) is 16.4. The second kappa shape index (κ2) is 9.71. The van der Waals surface area contributed by atoms with E-state index in [0.29, 0.717) is 50.6 Å². The molecule has 29 heavy (non-hydrogen) atoms. The number of sulfonamides is 1. The van der Waals surface area contributed by atoms with Gasteiger partial charge in [-0.25, -0.2) is 8.42 Å².